The van der Waals surface area contributed by atoms with Gasteiger partial charge in [0.1, 0.15) is 11.5 Å². The molecule has 0 radical (unpaired) electrons. The molecular weight excluding hydrogens is 426 g/mol. The van der Waals surface area contributed by atoms with Crippen LogP contribution in [0.3, 0.4) is 0 Å². The Labute approximate surface area is 200 Å². The molecule has 0 aliphatic heterocycles. The van der Waals surface area contributed by atoms with Gasteiger partial charge in [0.2, 0.25) is 5.88 Å². The monoisotopic (exact) mass is 455 g/mol. The van der Waals surface area contributed by atoms with Crippen LogP contribution >= 0.6 is 0 Å². The number of rotatable bonds is 8. The Kier molecular flexibility index (Phi) is 6.97. The van der Waals surface area contributed by atoms with Crippen LogP contribution in [-0.4, -0.2) is 33.7 Å². The lowest BCUT2D eigenvalue weighted by molar-refractivity contribution is 0.0689. The lowest BCUT2D eigenvalue weighted by Gasteiger charge is -2.27. The van der Waals surface area contributed by atoms with Gasteiger partial charge in [-0.2, -0.15) is 5.10 Å². The van der Waals surface area contributed by atoms with Crippen molar-refractivity contribution in [3.8, 4) is 23.1 Å². The maximum atomic E-state index is 13.5. The van der Waals surface area contributed by atoms with E-state index in [1.54, 1.807) is 36.1 Å². The topological polar surface area (TPSA) is 56.6 Å². The fourth-order valence-electron chi connectivity index (χ4n) is 3.73. The van der Waals surface area contributed by atoms with E-state index in [4.69, 9.17) is 14.6 Å². The molecule has 0 bridgehead atoms. The van der Waals surface area contributed by atoms with Crippen LogP contribution in [-0.2, 0) is 6.54 Å². The summed E-state index contributed by atoms with van der Waals surface area (Å²) >= 11 is 0. The Morgan fingerprint density at radius 1 is 0.912 bits per heavy atom. The molecule has 3 aromatic carbocycles. The Hall–Kier alpha value is -4.06. The zero-order valence-electron chi connectivity index (χ0n) is 19.9. The Balaban J connectivity index is 1.74. The number of hydrogen-bond acceptors (Lipinski definition) is 4. The molecule has 4 rings (SSSR count). The number of carbonyl (C=O) groups is 1. The van der Waals surface area contributed by atoms with Gasteiger partial charge in [0, 0.05) is 11.6 Å². The second-order valence-electron chi connectivity index (χ2n) is 8.29. The number of hydrogen-bond donors (Lipinski definition) is 0. The van der Waals surface area contributed by atoms with E-state index in [-0.39, 0.29) is 11.9 Å². The summed E-state index contributed by atoms with van der Waals surface area (Å²) in [5.41, 5.74) is 3.17. The van der Waals surface area contributed by atoms with E-state index in [1.807, 2.05) is 86.3 Å². The highest BCUT2D eigenvalue weighted by Gasteiger charge is 2.26. The molecule has 0 unspecified atom stereocenters. The van der Waals surface area contributed by atoms with Gasteiger partial charge in [-0.1, -0.05) is 36.4 Å². The van der Waals surface area contributed by atoms with Gasteiger partial charge in [0.25, 0.3) is 5.91 Å². The molecule has 174 valence electrons. The molecule has 0 N–H and O–H groups in total. The number of benzene rings is 3. The minimum absolute atomic E-state index is 0.0290. The predicted molar refractivity (Wildman–Crippen MR) is 133 cm³/mol. The standard InChI is InChI=1S/C28H29N3O3/c1-20(2)30(27(32)22-15-17-24(33-4)18-16-22)19-26-21(3)29-31(23-11-7-5-8-12-23)28(26)34-25-13-9-6-10-14-25/h5-18,20H,19H2,1-4H3. The highest BCUT2D eigenvalue weighted by Crippen LogP contribution is 2.32. The summed E-state index contributed by atoms with van der Waals surface area (Å²) in [6, 6.07) is 26.6. The number of ether oxygens (including phenoxy) is 2. The molecule has 0 spiro atoms. The molecule has 1 amide bonds. The summed E-state index contributed by atoms with van der Waals surface area (Å²) in [6.45, 7) is 6.33. The fourth-order valence-corrected chi connectivity index (χ4v) is 3.73. The summed E-state index contributed by atoms with van der Waals surface area (Å²) in [7, 11) is 1.61. The van der Waals surface area contributed by atoms with Gasteiger partial charge in [-0.3, -0.25) is 4.79 Å². The summed E-state index contributed by atoms with van der Waals surface area (Å²) in [5, 5.41) is 4.78. The van der Waals surface area contributed by atoms with Crippen LogP contribution in [0.25, 0.3) is 5.69 Å². The highest BCUT2D eigenvalue weighted by atomic mass is 16.5. The average molecular weight is 456 g/mol. The van der Waals surface area contributed by atoms with Crippen molar-refractivity contribution in [3.05, 3.63) is 102 Å². The number of nitrogens with zero attached hydrogens (tertiary/aromatic N) is 3. The molecule has 6 nitrogen and oxygen atoms in total. The van der Waals surface area contributed by atoms with Gasteiger partial charge >= 0.3 is 0 Å². The van der Waals surface area contributed by atoms with Crippen LogP contribution in [0.4, 0.5) is 0 Å². The predicted octanol–water partition coefficient (Wildman–Crippen LogP) is 6.03. The lowest BCUT2D eigenvalue weighted by atomic mass is 10.1. The normalized spacial score (nSPS) is 10.9. The zero-order chi connectivity index (χ0) is 24.1. The smallest absolute Gasteiger partial charge is 0.254 e. The van der Waals surface area contributed by atoms with Crippen LogP contribution in [0.1, 0.15) is 35.5 Å². The van der Waals surface area contributed by atoms with E-state index in [2.05, 4.69) is 0 Å². The van der Waals surface area contributed by atoms with Crippen molar-refractivity contribution < 1.29 is 14.3 Å². The molecule has 1 heterocycles. The van der Waals surface area contributed by atoms with E-state index in [9.17, 15) is 4.79 Å². The van der Waals surface area contributed by atoms with E-state index in [0.717, 1.165) is 16.9 Å². The van der Waals surface area contributed by atoms with E-state index >= 15 is 0 Å². The van der Waals surface area contributed by atoms with Crippen LogP contribution in [0, 0.1) is 6.92 Å². The molecule has 6 heteroatoms. The zero-order valence-corrected chi connectivity index (χ0v) is 19.9. The van der Waals surface area contributed by atoms with Crippen molar-refractivity contribution in [2.45, 2.75) is 33.4 Å². The SMILES string of the molecule is COc1ccc(C(=O)N(Cc2c(C)nn(-c3ccccc3)c2Oc2ccccc2)C(C)C)cc1. The molecule has 0 atom stereocenters. The van der Waals surface area contributed by atoms with Gasteiger partial charge in [0.15, 0.2) is 0 Å². The molecule has 0 aliphatic carbocycles. The molecule has 4 aromatic rings. The number of aryl methyl sites for hydroxylation is 1. The van der Waals surface area contributed by atoms with E-state index in [0.29, 0.717) is 29.5 Å². The third-order valence-electron chi connectivity index (χ3n) is 5.65. The molecule has 34 heavy (non-hydrogen) atoms. The first-order chi connectivity index (χ1) is 16.5. The summed E-state index contributed by atoms with van der Waals surface area (Å²) < 4.78 is 13.4. The molecular formula is C28H29N3O3. The minimum Gasteiger partial charge on any atom is -0.497 e. The van der Waals surface area contributed by atoms with Crippen molar-refractivity contribution in [1.29, 1.82) is 0 Å². The number of carbonyl (C=O) groups excluding carboxylic acids is 1. The third-order valence-corrected chi connectivity index (χ3v) is 5.65. The van der Waals surface area contributed by atoms with Crippen molar-refractivity contribution >= 4 is 5.91 Å². The minimum atomic E-state index is -0.0600. The van der Waals surface area contributed by atoms with Crippen LogP contribution < -0.4 is 9.47 Å². The van der Waals surface area contributed by atoms with Crippen LogP contribution in [0.15, 0.2) is 84.9 Å². The van der Waals surface area contributed by atoms with Gasteiger partial charge in [-0.15, -0.1) is 0 Å². The number of aromatic nitrogens is 2. The van der Waals surface area contributed by atoms with Crippen molar-refractivity contribution in [3.63, 3.8) is 0 Å². The van der Waals surface area contributed by atoms with Crippen molar-refractivity contribution in [2.24, 2.45) is 0 Å². The third kappa shape index (κ3) is 4.96. The summed E-state index contributed by atoms with van der Waals surface area (Å²) in [4.78, 5) is 15.3. The average Bonchev–Trinajstić information content (AvgIpc) is 3.17. The maximum absolute atomic E-state index is 13.5. The first kappa shape index (κ1) is 23.1. The maximum Gasteiger partial charge on any atom is 0.254 e. The van der Waals surface area contributed by atoms with Crippen molar-refractivity contribution in [2.75, 3.05) is 7.11 Å². The lowest BCUT2D eigenvalue weighted by Crippen LogP contribution is -2.36. The fraction of sp³-hybridized carbons (Fsp3) is 0.214. The molecule has 0 saturated carbocycles. The molecule has 0 fully saturated rings. The van der Waals surface area contributed by atoms with Crippen LogP contribution in [0.5, 0.6) is 17.4 Å². The van der Waals surface area contributed by atoms with Gasteiger partial charge in [-0.05, 0) is 69.3 Å². The van der Waals surface area contributed by atoms with Gasteiger partial charge in [-0.25, -0.2) is 4.68 Å². The Bertz CT molecular complexity index is 1230. The first-order valence-corrected chi connectivity index (χ1v) is 11.3. The Morgan fingerprint density at radius 3 is 2.12 bits per heavy atom. The van der Waals surface area contributed by atoms with E-state index in [1.165, 1.54) is 0 Å². The second kappa shape index (κ2) is 10.3. The summed E-state index contributed by atoms with van der Waals surface area (Å²) in [5.74, 6) is 1.96. The largest absolute Gasteiger partial charge is 0.497 e. The summed E-state index contributed by atoms with van der Waals surface area (Å²) in [6.07, 6.45) is 0. The quantitative estimate of drug-likeness (QED) is 0.325. The Morgan fingerprint density at radius 2 is 1.53 bits per heavy atom. The van der Waals surface area contributed by atoms with Crippen molar-refractivity contribution in [1.82, 2.24) is 14.7 Å². The van der Waals surface area contributed by atoms with E-state index < -0.39 is 0 Å². The molecule has 0 aliphatic rings. The second-order valence-corrected chi connectivity index (χ2v) is 8.29. The number of amides is 1. The first-order valence-electron chi connectivity index (χ1n) is 11.3. The molecule has 0 saturated heterocycles. The van der Waals surface area contributed by atoms with Gasteiger partial charge in [0.05, 0.1) is 30.6 Å². The number of para-hydroxylation sites is 2. The van der Waals surface area contributed by atoms with Gasteiger partial charge < -0.3 is 14.4 Å². The molecule has 1 aromatic heterocycles. The number of methoxy groups -OCH3 is 1. The van der Waals surface area contributed by atoms with Crippen LogP contribution in [0.2, 0.25) is 0 Å². The highest BCUT2D eigenvalue weighted by molar-refractivity contribution is 5.94.